The van der Waals surface area contributed by atoms with Gasteiger partial charge in [-0.15, -0.1) is 0 Å². The molecular weight excluding hydrogens is 446 g/mol. The maximum absolute atomic E-state index is 13.4. The van der Waals surface area contributed by atoms with E-state index in [4.69, 9.17) is 9.47 Å². The lowest BCUT2D eigenvalue weighted by Crippen LogP contribution is -2.38. The van der Waals surface area contributed by atoms with E-state index in [0.29, 0.717) is 35.9 Å². The van der Waals surface area contributed by atoms with Crippen LogP contribution in [-0.4, -0.2) is 34.8 Å². The Kier molecular flexibility index (Phi) is 8.41. The fourth-order valence-corrected chi connectivity index (χ4v) is 4.66. The van der Waals surface area contributed by atoms with Crippen molar-refractivity contribution >= 4 is 17.7 Å². The van der Waals surface area contributed by atoms with Crippen molar-refractivity contribution in [3.8, 4) is 11.6 Å². The monoisotopic (exact) mass is 477 g/mol. The summed E-state index contributed by atoms with van der Waals surface area (Å²) in [4.78, 5) is 22.3. The van der Waals surface area contributed by atoms with Gasteiger partial charge in [0.1, 0.15) is 6.61 Å². The van der Waals surface area contributed by atoms with Crippen molar-refractivity contribution in [2.75, 3.05) is 12.9 Å². The molecule has 1 saturated carbocycles. The number of thioether (sulfide) groups is 1. The fourth-order valence-electron chi connectivity index (χ4n) is 4.30. The molecule has 7 heteroatoms. The van der Waals surface area contributed by atoms with Crippen molar-refractivity contribution in [1.29, 1.82) is 0 Å². The van der Waals surface area contributed by atoms with Crippen molar-refractivity contribution in [3.05, 3.63) is 77.5 Å². The van der Waals surface area contributed by atoms with Crippen LogP contribution in [0, 0.1) is 0 Å². The van der Waals surface area contributed by atoms with E-state index in [1.165, 1.54) is 17.3 Å². The second-order valence-electron chi connectivity index (χ2n) is 8.33. The lowest BCUT2D eigenvalue weighted by Gasteiger charge is -2.29. The van der Waals surface area contributed by atoms with E-state index in [0.717, 1.165) is 31.2 Å². The third kappa shape index (κ3) is 6.08. The van der Waals surface area contributed by atoms with Gasteiger partial charge in [0.05, 0.1) is 6.61 Å². The van der Waals surface area contributed by atoms with E-state index in [2.05, 4.69) is 39.6 Å². The number of benzene rings is 2. The molecule has 1 fully saturated rings. The van der Waals surface area contributed by atoms with Gasteiger partial charge >= 0.3 is 0 Å². The summed E-state index contributed by atoms with van der Waals surface area (Å²) in [6, 6.07) is 20.5. The zero-order valence-corrected chi connectivity index (χ0v) is 20.5. The molecule has 0 bridgehead atoms. The van der Waals surface area contributed by atoms with Crippen LogP contribution < -0.4 is 14.8 Å². The van der Waals surface area contributed by atoms with Gasteiger partial charge in [-0.05, 0) is 55.9 Å². The first-order valence-corrected chi connectivity index (χ1v) is 13.0. The van der Waals surface area contributed by atoms with Gasteiger partial charge in [0.2, 0.25) is 5.75 Å². The zero-order valence-electron chi connectivity index (χ0n) is 19.7. The van der Waals surface area contributed by atoms with E-state index in [1.54, 1.807) is 0 Å². The molecule has 3 aromatic rings. The molecule has 1 aliphatic carbocycles. The highest BCUT2D eigenvalue weighted by molar-refractivity contribution is 7.98. The van der Waals surface area contributed by atoms with Gasteiger partial charge in [0.25, 0.3) is 11.8 Å². The molecule has 4 rings (SSSR count). The molecule has 0 aliphatic heterocycles. The average molecular weight is 478 g/mol. The molecular formula is C27H31N3O3S. The zero-order chi connectivity index (χ0) is 23.8. The topological polar surface area (TPSA) is 73.3 Å². The number of carbonyl (C=O) groups is 1. The highest BCUT2D eigenvalue weighted by Gasteiger charge is 2.28. The predicted octanol–water partition coefficient (Wildman–Crippen LogP) is 5.63. The summed E-state index contributed by atoms with van der Waals surface area (Å²) < 4.78 is 11.8. The molecule has 34 heavy (non-hydrogen) atoms. The lowest BCUT2D eigenvalue weighted by molar-refractivity contribution is 0.0912. The van der Waals surface area contributed by atoms with Gasteiger partial charge in [0, 0.05) is 6.04 Å². The van der Waals surface area contributed by atoms with Gasteiger partial charge in [-0.25, -0.2) is 4.98 Å². The van der Waals surface area contributed by atoms with Crippen LogP contribution in [-0.2, 0) is 6.61 Å². The summed E-state index contributed by atoms with van der Waals surface area (Å²) in [7, 11) is 0. The van der Waals surface area contributed by atoms with Crippen LogP contribution in [0.15, 0.2) is 65.8 Å². The molecule has 0 radical (unpaired) electrons. The first-order chi connectivity index (χ1) is 16.7. The summed E-state index contributed by atoms with van der Waals surface area (Å²) in [5, 5.41) is 3.67. The molecule has 0 unspecified atom stereocenters. The minimum atomic E-state index is -0.245. The van der Waals surface area contributed by atoms with E-state index < -0.39 is 0 Å². The summed E-state index contributed by atoms with van der Waals surface area (Å²) in [6.07, 6.45) is 5.85. The molecule has 1 heterocycles. The van der Waals surface area contributed by atoms with Crippen molar-refractivity contribution in [3.63, 3.8) is 0 Å². The molecule has 1 aromatic heterocycles. The van der Waals surface area contributed by atoms with Crippen LogP contribution in [0.5, 0.6) is 11.6 Å². The van der Waals surface area contributed by atoms with Crippen LogP contribution in [0.1, 0.15) is 60.1 Å². The first-order valence-electron chi connectivity index (χ1n) is 11.8. The van der Waals surface area contributed by atoms with Crippen molar-refractivity contribution in [2.45, 2.75) is 56.3 Å². The van der Waals surface area contributed by atoms with Crippen LogP contribution >= 0.6 is 11.8 Å². The summed E-state index contributed by atoms with van der Waals surface area (Å²) in [5.41, 5.74) is 2.60. The van der Waals surface area contributed by atoms with Crippen LogP contribution in [0.3, 0.4) is 0 Å². The third-order valence-electron chi connectivity index (χ3n) is 6.05. The Hall–Kier alpha value is -3.06. The maximum Gasteiger partial charge on any atom is 0.274 e. The van der Waals surface area contributed by atoms with Gasteiger partial charge in [-0.3, -0.25) is 4.79 Å². The molecule has 6 nitrogen and oxygen atoms in total. The largest absolute Gasteiger partial charge is 0.481 e. The van der Waals surface area contributed by atoms with Crippen molar-refractivity contribution in [1.82, 2.24) is 15.3 Å². The molecule has 178 valence electrons. The Labute approximate surface area is 205 Å². The molecule has 1 aliphatic rings. The minimum Gasteiger partial charge on any atom is -0.481 e. The normalized spacial score (nSPS) is 17.7. The fraction of sp³-hybridized carbons (Fsp3) is 0.370. The molecule has 0 spiro atoms. The molecule has 1 N–H and O–H groups in total. The van der Waals surface area contributed by atoms with E-state index in [1.807, 2.05) is 49.6 Å². The van der Waals surface area contributed by atoms with E-state index in [9.17, 15) is 4.79 Å². The SMILES string of the molecule is CCOc1nc(SC)nc(C(=O)N[C@H]2CC[C@@H](c3ccccc3)CC2)c1OCc1ccccc1. The first kappa shape index (κ1) is 24.1. The summed E-state index contributed by atoms with van der Waals surface area (Å²) in [6.45, 7) is 2.59. The van der Waals surface area contributed by atoms with Crippen molar-refractivity contribution in [2.24, 2.45) is 0 Å². The highest BCUT2D eigenvalue weighted by Crippen LogP contribution is 2.34. The van der Waals surface area contributed by atoms with Gasteiger partial charge < -0.3 is 14.8 Å². The number of aromatic nitrogens is 2. The summed E-state index contributed by atoms with van der Waals surface area (Å²) in [5.74, 6) is 0.894. The van der Waals surface area contributed by atoms with Gasteiger partial charge in [-0.1, -0.05) is 72.4 Å². The molecule has 0 saturated heterocycles. The lowest BCUT2D eigenvalue weighted by atomic mass is 9.82. The van der Waals surface area contributed by atoms with Gasteiger partial charge in [0.15, 0.2) is 10.9 Å². The number of hydrogen-bond donors (Lipinski definition) is 1. The minimum absolute atomic E-state index is 0.109. The standard InChI is InChI=1S/C27H31N3O3S/c1-3-32-26-24(33-18-19-10-6-4-7-11-19)23(29-27(30-26)34-2)25(31)28-22-16-14-21(15-17-22)20-12-8-5-9-13-20/h4-13,21-22H,3,14-18H2,1-2H3,(H,28,31)/t21-,22+. The quantitative estimate of drug-likeness (QED) is 0.318. The second-order valence-corrected chi connectivity index (χ2v) is 9.11. The Balaban J connectivity index is 1.49. The highest BCUT2D eigenvalue weighted by atomic mass is 32.2. The Morgan fingerprint density at radius 2 is 1.65 bits per heavy atom. The molecule has 2 aromatic carbocycles. The Morgan fingerprint density at radius 3 is 2.29 bits per heavy atom. The third-order valence-corrected chi connectivity index (χ3v) is 6.60. The number of carbonyl (C=O) groups excluding carboxylic acids is 1. The van der Waals surface area contributed by atoms with Crippen molar-refractivity contribution < 1.29 is 14.3 Å². The number of rotatable bonds is 9. The smallest absolute Gasteiger partial charge is 0.274 e. The molecule has 1 amide bonds. The Morgan fingerprint density at radius 1 is 0.971 bits per heavy atom. The number of ether oxygens (including phenoxy) is 2. The van der Waals surface area contributed by atoms with E-state index >= 15 is 0 Å². The van der Waals surface area contributed by atoms with Crippen LogP contribution in [0.25, 0.3) is 0 Å². The number of nitrogens with zero attached hydrogens (tertiary/aromatic N) is 2. The van der Waals surface area contributed by atoms with Crippen LogP contribution in [0.4, 0.5) is 0 Å². The number of hydrogen-bond acceptors (Lipinski definition) is 6. The van der Waals surface area contributed by atoms with Gasteiger partial charge in [-0.2, -0.15) is 4.98 Å². The van der Waals surface area contributed by atoms with Crippen LogP contribution in [0.2, 0.25) is 0 Å². The van der Waals surface area contributed by atoms with E-state index in [-0.39, 0.29) is 17.6 Å². The second kappa shape index (κ2) is 11.9. The number of amides is 1. The Bertz CT molecular complexity index is 1070. The summed E-state index contributed by atoms with van der Waals surface area (Å²) >= 11 is 1.37. The number of nitrogens with one attached hydrogen (secondary N) is 1. The molecule has 0 atom stereocenters. The predicted molar refractivity (Wildman–Crippen MR) is 135 cm³/mol. The maximum atomic E-state index is 13.4. The average Bonchev–Trinajstić information content (AvgIpc) is 2.89.